The van der Waals surface area contributed by atoms with Crippen molar-refractivity contribution in [1.82, 2.24) is 19.9 Å². The molecule has 0 amide bonds. The molecule has 19 heavy (non-hydrogen) atoms. The first-order valence-electron chi connectivity index (χ1n) is 6.99. The summed E-state index contributed by atoms with van der Waals surface area (Å²) in [6.45, 7) is 3.20. The largest absolute Gasteiger partial charge is 0.333 e. The number of hydrogen-bond donors (Lipinski definition) is 1. The van der Waals surface area contributed by atoms with Crippen LogP contribution in [0, 0.1) is 0 Å². The molecule has 4 nitrogen and oxygen atoms in total. The molecule has 0 spiro atoms. The highest BCUT2D eigenvalue weighted by molar-refractivity contribution is 7.11. The zero-order valence-electron chi connectivity index (χ0n) is 11.5. The molecule has 1 N–H and O–H groups in total. The van der Waals surface area contributed by atoms with E-state index in [2.05, 4.69) is 21.8 Å². The molecule has 0 aliphatic heterocycles. The zero-order valence-corrected chi connectivity index (χ0v) is 12.3. The summed E-state index contributed by atoms with van der Waals surface area (Å²) in [7, 11) is 2.00. The molecule has 0 aromatic carbocycles. The van der Waals surface area contributed by atoms with Gasteiger partial charge in [0.15, 0.2) is 0 Å². The lowest BCUT2D eigenvalue weighted by molar-refractivity contribution is 0.580. The van der Waals surface area contributed by atoms with Crippen LogP contribution in [-0.2, 0) is 19.4 Å². The number of fused-ring (bicyclic) bond motifs is 1. The Hall–Kier alpha value is -1.20. The predicted octanol–water partition coefficient (Wildman–Crippen LogP) is 2.55. The molecule has 2 heterocycles. The highest BCUT2D eigenvalue weighted by atomic mass is 32.1. The maximum atomic E-state index is 4.83. The summed E-state index contributed by atoms with van der Waals surface area (Å²) in [5.41, 5.74) is 2.54. The van der Waals surface area contributed by atoms with E-state index >= 15 is 0 Å². The van der Waals surface area contributed by atoms with Gasteiger partial charge in [-0.2, -0.15) is 0 Å². The zero-order chi connectivity index (χ0) is 13.2. The molecule has 3 rings (SSSR count). The third-order valence-corrected chi connectivity index (χ3v) is 4.87. The first-order valence-corrected chi connectivity index (χ1v) is 7.81. The Kier molecular flexibility index (Phi) is 3.66. The molecular formula is C14H20N4S. The Morgan fingerprint density at radius 3 is 3.11 bits per heavy atom. The van der Waals surface area contributed by atoms with Crippen molar-refractivity contribution in [2.45, 2.75) is 45.2 Å². The van der Waals surface area contributed by atoms with Crippen molar-refractivity contribution in [2.75, 3.05) is 7.05 Å². The van der Waals surface area contributed by atoms with Crippen LogP contribution in [0.1, 0.15) is 47.1 Å². The normalized spacial score (nSPS) is 15.7. The van der Waals surface area contributed by atoms with Gasteiger partial charge in [0.2, 0.25) is 0 Å². The first kappa shape index (κ1) is 12.8. The van der Waals surface area contributed by atoms with Crippen molar-refractivity contribution in [3.8, 4) is 0 Å². The smallest absolute Gasteiger partial charge is 0.116 e. The van der Waals surface area contributed by atoms with Gasteiger partial charge in [-0.25, -0.2) is 9.97 Å². The molecule has 1 aliphatic rings. The quantitative estimate of drug-likeness (QED) is 0.912. The van der Waals surface area contributed by atoms with Gasteiger partial charge < -0.3 is 9.88 Å². The third kappa shape index (κ3) is 2.32. The molecule has 1 unspecified atom stereocenters. The summed E-state index contributed by atoms with van der Waals surface area (Å²) in [5.74, 6) is 0. The Morgan fingerprint density at radius 1 is 1.47 bits per heavy atom. The number of aromatic nitrogens is 3. The standard InChI is InChI=1S/C14H20N4S/c1-3-7-18-9-16-8-11(18)13(15-2)14-17-10-5-4-6-12(10)19-14/h8-9,13,15H,3-7H2,1-2H3. The fraction of sp³-hybridized carbons (Fsp3) is 0.571. The van der Waals surface area contributed by atoms with Gasteiger partial charge in [-0.15, -0.1) is 11.3 Å². The lowest BCUT2D eigenvalue weighted by Gasteiger charge is -2.16. The lowest BCUT2D eigenvalue weighted by atomic mass is 10.2. The average molecular weight is 276 g/mol. The van der Waals surface area contributed by atoms with Crippen LogP contribution in [-0.4, -0.2) is 21.6 Å². The summed E-state index contributed by atoms with van der Waals surface area (Å²) in [6, 6.07) is 0.171. The van der Waals surface area contributed by atoms with E-state index in [4.69, 9.17) is 4.98 Å². The van der Waals surface area contributed by atoms with Crippen LogP contribution in [0.4, 0.5) is 0 Å². The van der Waals surface area contributed by atoms with Gasteiger partial charge in [0.1, 0.15) is 11.0 Å². The molecule has 0 radical (unpaired) electrons. The maximum Gasteiger partial charge on any atom is 0.116 e. The maximum absolute atomic E-state index is 4.83. The van der Waals surface area contributed by atoms with Crippen molar-refractivity contribution in [3.63, 3.8) is 0 Å². The number of aryl methyl sites for hydroxylation is 3. The van der Waals surface area contributed by atoms with Gasteiger partial charge in [0, 0.05) is 11.4 Å². The summed E-state index contributed by atoms with van der Waals surface area (Å²) >= 11 is 1.86. The summed E-state index contributed by atoms with van der Waals surface area (Å²) in [5, 5.41) is 4.58. The Balaban J connectivity index is 1.92. The number of hydrogen-bond acceptors (Lipinski definition) is 4. The van der Waals surface area contributed by atoms with Crippen molar-refractivity contribution in [3.05, 3.63) is 33.8 Å². The Morgan fingerprint density at radius 2 is 2.37 bits per heavy atom. The van der Waals surface area contributed by atoms with E-state index in [9.17, 15) is 0 Å². The van der Waals surface area contributed by atoms with E-state index < -0.39 is 0 Å². The third-order valence-electron chi connectivity index (χ3n) is 3.65. The molecule has 1 atom stereocenters. The van der Waals surface area contributed by atoms with E-state index in [0.29, 0.717) is 0 Å². The minimum Gasteiger partial charge on any atom is -0.333 e. The average Bonchev–Trinajstić information content (AvgIpc) is 3.07. The van der Waals surface area contributed by atoms with Crippen molar-refractivity contribution in [2.24, 2.45) is 0 Å². The Bertz CT molecular complexity index is 536. The fourth-order valence-corrected chi connectivity index (χ4v) is 4.01. The molecule has 1 aliphatic carbocycles. The molecular weight excluding hydrogens is 256 g/mol. The minimum atomic E-state index is 0.171. The predicted molar refractivity (Wildman–Crippen MR) is 77.6 cm³/mol. The molecule has 0 saturated heterocycles. The first-order chi connectivity index (χ1) is 9.33. The van der Waals surface area contributed by atoms with Crippen molar-refractivity contribution >= 4 is 11.3 Å². The molecule has 5 heteroatoms. The van der Waals surface area contributed by atoms with Crippen LogP contribution in [0.3, 0.4) is 0 Å². The van der Waals surface area contributed by atoms with Crippen molar-refractivity contribution in [1.29, 1.82) is 0 Å². The number of rotatable bonds is 5. The fourth-order valence-electron chi connectivity index (χ4n) is 2.73. The molecule has 0 saturated carbocycles. The second-order valence-corrected chi connectivity index (χ2v) is 6.12. The van der Waals surface area contributed by atoms with E-state index in [1.807, 2.05) is 30.9 Å². The number of thiazole rings is 1. The van der Waals surface area contributed by atoms with Gasteiger partial charge in [-0.1, -0.05) is 6.92 Å². The highest BCUT2D eigenvalue weighted by Gasteiger charge is 2.24. The van der Waals surface area contributed by atoms with Crippen LogP contribution >= 0.6 is 11.3 Å². The van der Waals surface area contributed by atoms with E-state index in [1.54, 1.807) is 0 Å². The van der Waals surface area contributed by atoms with Gasteiger partial charge in [0.05, 0.1) is 23.9 Å². The molecule has 0 fully saturated rings. The number of nitrogens with one attached hydrogen (secondary N) is 1. The SMILES string of the molecule is CCCn1cncc1C(NC)c1nc2c(s1)CCC2. The topological polar surface area (TPSA) is 42.7 Å². The van der Waals surface area contributed by atoms with E-state index in [0.717, 1.165) is 19.4 Å². The van der Waals surface area contributed by atoms with Crippen LogP contribution in [0.15, 0.2) is 12.5 Å². The second kappa shape index (κ2) is 5.43. The molecule has 2 aromatic rings. The van der Waals surface area contributed by atoms with Gasteiger partial charge in [0.25, 0.3) is 0 Å². The number of nitrogens with zero attached hydrogens (tertiary/aromatic N) is 3. The van der Waals surface area contributed by atoms with Crippen molar-refractivity contribution < 1.29 is 0 Å². The summed E-state index contributed by atoms with van der Waals surface area (Å²) in [6.07, 6.45) is 8.63. The summed E-state index contributed by atoms with van der Waals surface area (Å²) in [4.78, 5) is 10.6. The molecule has 0 bridgehead atoms. The van der Waals surface area contributed by atoms with Gasteiger partial charge >= 0.3 is 0 Å². The minimum absolute atomic E-state index is 0.171. The Labute approximate surface area is 117 Å². The second-order valence-electron chi connectivity index (χ2n) is 5.01. The molecule has 102 valence electrons. The van der Waals surface area contributed by atoms with Gasteiger partial charge in [-0.3, -0.25) is 0 Å². The molecule has 2 aromatic heterocycles. The van der Waals surface area contributed by atoms with E-state index in [-0.39, 0.29) is 6.04 Å². The highest BCUT2D eigenvalue weighted by Crippen LogP contribution is 2.33. The van der Waals surface area contributed by atoms with Crippen LogP contribution in [0.5, 0.6) is 0 Å². The van der Waals surface area contributed by atoms with Crippen LogP contribution in [0.25, 0.3) is 0 Å². The van der Waals surface area contributed by atoms with E-state index in [1.165, 1.54) is 34.1 Å². The van der Waals surface area contributed by atoms with Gasteiger partial charge in [-0.05, 0) is 32.7 Å². The number of imidazole rings is 1. The summed E-state index contributed by atoms with van der Waals surface area (Å²) < 4.78 is 2.23. The monoisotopic (exact) mass is 276 g/mol. The lowest BCUT2D eigenvalue weighted by Crippen LogP contribution is -2.21. The van der Waals surface area contributed by atoms with Crippen LogP contribution < -0.4 is 5.32 Å². The van der Waals surface area contributed by atoms with Crippen LogP contribution in [0.2, 0.25) is 0 Å².